The number of aromatic amines is 1. The minimum Gasteiger partial charge on any atom is -0.390 e. The molecule has 0 saturated carbocycles. The van der Waals surface area contributed by atoms with Crippen LogP contribution in [0.15, 0.2) is 4.79 Å². The number of hydrogen-bond acceptors (Lipinski definition) is 8. The number of aliphatic hydroxyl groups excluding tert-OH is 2. The number of nitrogens with zero attached hydrogens (tertiary/aromatic N) is 1. The third kappa shape index (κ3) is 3.04. The second kappa shape index (κ2) is 5.86. The average Bonchev–Trinajstić information content (AvgIpc) is 2.38. The van der Waals surface area contributed by atoms with Crippen molar-refractivity contribution in [3.63, 3.8) is 0 Å². The third-order valence-corrected chi connectivity index (χ3v) is 2.81. The molecule has 1 aliphatic heterocycles. The zero-order valence-electron chi connectivity index (χ0n) is 10.4. The molecule has 0 bridgehead atoms. The van der Waals surface area contributed by atoms with Gasteiger partial charge in [-0.05, 0) is 0 Å². The molecule has 1 saturated heterocycles. The van der Waals surface area contributed by atoms with Gasteiger partial charge in [-0.2, -0.15) is 4.98 Å². The fourth-order valence-electron chi connectivity index (χ4n) is 1.81. The third-order valence-electron chi connectivity index (χ3n) is 2.81. The van der Waals surface area contributed by atoms with Crippen LogP contribution >= 0.6 is 0 Å². The fourth-order valence-corrected chi connectivity index (χ4v) is 1.81. The van der Waals surface area contributed by atoms with E-state index in [2.05, 4.69) is 20.6 Å². The highest BCUT2D eigenvalue weighted by Crippen LogP contribution is 2.20. The summed E-state index contributed by atoms with van der Waals surface area (Å²) >= 11 is 0. The first-order chi connectivity index (χ1) is 9.51. The molecule has 3 atom stereocenters. The number of carbonyl (C=O) groups excluding carboxylic acids is 1. The van der Waals surface area contributed by atoms with Gasteiger partial charge in [-0.15, -0.1) is 0 Å². The Bertz CT molecular complexity index is 547. The van der Waals surface area contributed by atoms with Crippen LogP contribution in [0.1, 0.15) is 6.42 Å². The Morgan fingerprint density at radius 1 is 1.45 bits per heavy atom. The molecule has 110 valence electrons. The predicted molar refractivity (Wildman–Crippen MR) is 69.0 cm³/mol. The molecule has 1 amide bonds. The molecule has 0 spiro atoms. The number of amides is 1. The molecule has 0 unspecified atom stereocenters. The van der Waals surface area contributed by atoms with Gasteiger partial charge >= 0.3 is 0 Å². The molecule has 0 radical (unpaired) electrons. The van der Waals surface area contributed by atoms with Crippen LogP contribution in [0.2, 0.25) is 0 Å². The van der Waals surface area contributed by atoms with Crippen molar-refractivity contribution in [3.8, 4) is 0 Å². The molecule has 2 rings (SSSR count). The Kier molecular flexibility index (Phi) is 4.17. The highest BCUT2D eigenvalue weighted by atomic mass is 16.5. The first-order valence-electron chi connectivity index (χ1n) is 5.85. The molecule has 0 aliphatic carbocycles. The molecule has 1 aliphatic rings. The van der Waals surface area contributed by atoms with Crippen LogP contribution in [-0.4, -0.2) is 51.6 Å². The monoisotopic (exact) mass is 285 g/mol. The maximum atomic E-state index is 11.6. The van der Waals surface area contributed by atoms with Crippen LogP contribution in [0.5, 0.6) is 0 Å². The number of H-pyrrole nitrogens is 1. The van der Waals surface area contributed by atoms with Gasteiger partial charge in [-0.25, -0.2) is 0 Å². The molecule has 0 aromatic carbocycles. The van der Waals surface area contributed by atoms with Gasteiger partial charge in [0.2, 0.25) is 12.4 Å². The summed E-state index contributed by atoms with van der Waals surface area (Å²) in [5.41, 5.74) is 4.69. The Morgan fingerprint density at radius 3 is 2.85 bits per heavy atom. The summed E-state index contributed by atoms with van der Waals surface area (Å²) in [7, 11) is 0. The quantitative estimate of drug-likeness (QED) is 0.339. The van der Waals surface area contributed by atoms with E-state index in [0.29, 0.717) is 6.41 Å². The number of nitrogens with two attached hydrogens (primary N) is 1. The van der Waals surface area contributed by atoms with Crippen molar-refractivity contribution in [1.29, 1.82) is 0 Å². The Morgan fingerprint density at radius 2 is 2.20 bits per heavy atom. The summed E-state index contributed by atoms with van der Waals surface area (Å²) in [6, 6.07) is 0. The zero-order valence-corrected chi connectivity index (χ0v) is 10.4. The standard InChI is InChI=1S/C10H15N5O5/c11-10-14-8(7(12-3-16)9(19)15-10)13-6-1-4(17)5(18)2-20-6/h3-6,17-18H,1-2H2,(H,12,16)(H4,11,13,14,15,19)/t4-,5+,6+/m0/s1. The van der Waals surface area contributed by atoms with Crippen LogP contribution < -0.4 is 21.9 Å². The number of anilines is 3. The highest BCUT2D eigenvalue weighted by Gasteiger charge is 2.29. The number of ether oxygens (including phenoxy) is 1. The van der Waals surface area contributed by atoms with Gasteiger partial charge in [0.25, 0.3) is 5.56 Å². The van der Waals surface area contributed by atoms with E-state index >= 15 is 0 Å². The lowest BCUT2D eigenvalue weighted by Crippen LogP contribution is -2.44. The second-order valence-corrected chi connectivity index (χ2v) is 4.27. The Hall–Kier alpha value is -2.17. The van der Waals surface area contributed by atoms with Crippen LogP contribution in [-0.2, 0) is 9.53 Å². The summed E-state index contributed by atoms with van der Waals surface area (Å²) < 4.78 is 5.25. The number of nitrogens with one attached hydrogen (secondary N) is 3. The number of hydrogen-bond donors (Lipinski definition) is 6. The number of nitrogen functional groups attached to an aromatic ring is 1. The molecule has 10 nitrogen and oxygen atoms in total. The van der Waals surface area contributed by atoms with E-state index in [9.17, 15) is 19.8 Å². The first kappa shape index (κ1) is 14.2. The second-order valence-electron chi connectivity index (χ2n) is 4.27. The van der Waals surface area contributed by atoms with Crippen molar-refractivity contribution in [3.05, 3.63) is 10.4 Å². The minimum atomic E-state index is -0.960. The SMILES string of the molecule is Nc1nc(N[C@H]2C[C@H](O)[C@H](O)CO2)c(NC=O)c(=O)[nH]1. The van der Waals surface area contributed by atoms with Gasteiger partial charge in [0.1, 0.15) is 18.0 Å². The molecule has 1 aromatic rings. The van der Waals surface area contributed by atoms with E-state index in [1.54, 1.807) is 0 Å². The van der Waals surface area contributed by atoms with Crippen LogP contribution in [0, 0.1) is 0 Å². The van der Waals surface area contributed by atoms with Gasteiger partial charge in [-0.1, -0.05) is 0 Å². The van der Waals surface area contributed by atoms with Crippen LogP contribution in [0.3, 0.4) is 0 Å². The van der Waals surface area contributed by atoms with Crippen molar-refractivity contribution < 1.29 is 19.7 Å². The van der Waals surface area contributed by atoms with E-state index < -0.39 is 24.0 Å². The lowest BCUT2D eigenvalue weighted by atomic mass is 10.1. The maximum Gasteiger partial charge on any atom is 0.278 e. The predicted octanol–water partition coefficient (Wildman–Crippen LogP) is -2.20. The molecule has 1 fully saturated rings. The van der Waals surface area contributed by atoms with E-state index in [1.165, 1.54) is 0 Å². The highest BCUT2D eigenvalue weighted by molar-refractivity contribution is 5.78. The zero-order chi connectivity index (χ0) is 14.7. The van der Waals surface area contributed by atoms with Gasteiger partial charge < -0.3 is 31.3 Å². The molecule has 7 N–H and O–H groups in total. The lowest BCUT2D eigenvalue weighted by molar-refractivity contribution is -0.112. The van der Waals surface area contributed by atoms with E-state index in [4.69, 9.17) is 10.5 Å². The van der Waals surface area contributed by atoms with Crippen molar-refractivity contribution in [1.82, 2.24) is 9.97 Å². The number of rotatable bonds is 4. The molecule has 2 heterocycles. The van der Waals surface area contributed by atoms with E-state index in [-0.39, 0.29) is 30.5 Å². The maximum absolute atomic E-state index is 11.6. The summed E-state index contributed by atoms with van der Waals surface area (Å²) in [5, 5.41) is 23.8. The average molecular weight is 285 g/mol. The van der Waals surface area contributed by atoms with Gasteiger partial charge in [0, 0.05) is 6.42 Å². The Balaban J connectivity index is 2.20. The lowest BCUT2D eigenvalue weighted by Gasteiger charge is -2.31. The molecule has 1 aromatic heterocycles. The van der Waals surface area contributed by atoms with Gasteiger partial charge in [-0.3, -0.25) is 14.6 Å². The van der Waals surface area contributed by atoms with Crippen LogP contribution in [0.25, 0.3) is 0 Å². The minimum absolute atomic E-state index is 0.0203. The molecular weight excluding hydrogens is 270 g/mol. The van der Waals surface area contributed by atoms with Crippen molar-refractivity contribution in [2.24, 2.45) is 0 Å². The van der Waals surface area contributed by atoms with E-state index in [1.807, 2.05) is 0 Å². The van der Waals surface area contributed by atoms with Crippen molar-refractivity contribution in [2.75, 3.05) is 23.0 Å². The Labute approximate surface area is 113 Å². The van der Waals surface area contributed by atoms with Crippen molar-refractivity contribution in [2.45, 2.75) is 24.9 Å². The van der Waals surface area contributed by atoms with Crippen molar-refractivity contribution >= 4 is 23.9 Å². The topological polar surface area (TPSA) is 163 Å². The van der Waals surface area contributed by atoms with E-state index in [0.717, 1.165) is 0 Å². The number of aromatic nitrogens is 2. The summed E-state index contributed by atoms with van der Waals surface area (Å²) in [6.45, 7) is -0.0616. The molecule has 10 heteroatoms. The first-order valence-corrected chi connectivity index (χ1v) is 5.85. The van der Waals surface area contributed by atoms with Gasteiger partial charge in [0.05, 0.1) is 12.7 Å². The smallest absolute Gasteiger partial charge is 0.278 e. The normalized spacial score (nSPS) is 26.0. The van der Waals surface area contributed by atoms with Crippen LogP contribution in [0.4, 0.5) is 17.5 Å². The number of aliphatic hydroxyl groups is 2. The molecular formula is C10H15N5O5. The van der Waals surface area contributed by atoms with Gasteiger partial charge in [0.15, 0.2) is 5.82 Å². The number of carbonyl (C=O) groups is 1. The largest absolute Gasteiger partial charge is 0.390 e. The summed E-state index contributed by atoms with van der Waals surface area (Å²) in [6.07, 6.45) is -2.17. The fraction of sp³-hybridized carbons (Fsp3) is 0.500. The molecule has 20 heavy (non-hydrogen) atoms. The summed E-state index contributed by atoms with van der Waals surface area (Å²) in [4.78, 5) is 28.2. The summed E-state index contributed by atoms with van der Waals surface area (Å²) in [5.74, 6) is -0.114.